The fourth-order valence-corrected chi connectivity index (χ4v) is 16.5. The van der Waals surface area contributed by atoms with E-state index in [4.69, 9.17) is 56.8 Å². The molecule has 0 aliphatic carbocycles. The van der Waals surface area contributed by atoms with Crippen LogP contribution >= 0.6 is 0 Å². The van der Waals surface area contributed by atoms with Crippen molar-refractivity contribution in [3.63, 3.8) is 0 Å². The Morgan fingerprint density at radius 2 is 0.802 bits per heavy atom. The third-order valence-corrected chi connectivity index (χ3v) is 22.4. The van der Waals surface area contributed by atoms with Crippen LogP contribution in [0.5, 0.6) is 0 Å². The van der Waals surface area contributed by atoms with Crippen LogP contribution in [-0.4, -0.2) is 215 Å². The molecule has 0 aromatic heterocycles. The van der Waals surface area contributed by atoms with Crippen LogP contribution in [0.1, 0.15) is 176 Å². The number of fused-ring (bicyclic) bond motifs is 10. The van der Waals surface area contributed by atoms with Crippen molar-refractivity contribution in [3.05, 3.63) is 181 Å². The molecule has 0 spiro atoms. The van der Waals surface area contributed by atoms with Crippen LogP contribution in [0.25, 0.3) is 0 Å². The summed E-state index contributed by atoms with van der Waals surface area (Å²) in [6.45, 7) is 26.9. The first kappa shape index (κ1) is 87.3. The lowest BCUT2D eigenvalue weighted by atomic mass is 9.90. The maximum absolute atomic E-state index is 12.7. The quantitative estimate of drug-likeness (QED) is 0.0597. The summed E-state index contributed by atoms with van der Waals surface area (Å²) < 4.78 is 70.6. The number of ether oxygens (including phenoxy) is 12. The van der Waals surface area contributed by atoms with E-state index in [9.17, 15) is 45.0 Å². The van der Waals surface area contributed by atoms with E-state index < -0.39 is 85.1 Å². The molecular weight excluding hydrogens is 1420 g/mol. The number of aliphatic hydroxyl groups excluding tert-OH is 6. The van der Waals surface area contributed by atoms with Gasteiger partial charge in [-0.3, -0.25) is 0 Å². The van der Waals surface area contributed by atoms with Gasteiger partial charge in [0.25, 0.3) is 0 Å². The van der Waals surface area contributed by atoms with Crippen molar-refractivity contribution in [2.75, 3.05) is 19.8 Å². The summed E-state index contributed by atoms with van der Waals surface area (Å²) in [6.07, 6.45) is 42.3. The minimum Gasteiger partial charge on any atom is -0.456 e. The minimum atomic E-state index is -1.12. The molecule has 0 aromatic rings. The molecule has 0 aromatic carbocycles. The molecule has 27 atom stereocenters. The lowest BCUT2D eigenvalue weighted by Gasteiger charge is -2.28. The number of rotatable bonds is 7. The van der Waals surface area contributed by atoms with E-state index in [1.54, 1.807) is 30.4 Å². The summed E-state index contributed by atoms with van der Waals surface area (Å²) in [6, 6.07) is 0. The Morgan fingerprint density at radius 1 is 0.396 bits per heavy atom. The molecule has 3 saturated heterocycles. The SMILES string of the molecule is C=C1CC(C)C[C@@H]2CC=C[C@@H](C/C=C\C(=O)O[C@H]3C[C@@H](O[C@H]3/C=C/[C@@H]3CC(C)=CCO3)[C@@H](O)[C@@H](O)C1)O2.C=C1C[C@H](C)C[C@@H]2CC=C[C@@H](C/C=C\C(=O)O[C@@H](/C=C/[C@@H]3CC(C)=CCO3)[C@@H](O)C[C@@H]3O[C@@H]3[C@@H](O)C1)O2.C=C1C[C@H](C)C[C@@H]2CC=C[C@@H](C/C=C\C(=O)O[C@H]([C@@H](O)/C=C/[C@@H]3CC(C)=CCO3)C[C@@H]3O[C@@H]3[C@@H](O)C1)O2. The molecular formula is C90H126O21. The van der Waals surface area contributed by atoms with E-state index in [1.165, 1.54) is 34.9 Å². The topological polar surface area (TPSA) is 290 Å². The Morgan fingerprint density at radius 3 is 1.25 bits per heavy atom. The van der Waals surface area contributed by atoms with E-state index in [0.717, 1.165) is 93.8 Å². The van der Waals surface area contributed by atoms with Crippen molar-refractivity contribution in [2.24, 2.45) is 17.8 Å². The highest BCUT2D eigenvalue weighted by molar-refractivity contribution is 5.83. The van der Waals surface area contributed by atoms with E-state index in [1.807, 2.05) is 54.7 Å². The van der Waals surface area contributed by atoms with E-state index >= 15 is 0 Å². The number of hydrogen-bond donors (Lipinski definition) is 6. The molecule has 12 aliphatic rings. The second-order valence-electron chi connectivity index (χ2n) is 33.1. The van der Waals surface area contributed by atoms with E-state index in [2.05, 4.69) is 85.6 Å². The Hall–Kier alpha value is -6.09. The zero-order chi connectivity index (χ0) is 79.1. The molecule has 12 heterocycles. The fourth-order valence-electron chi connectivity index (χ4n) is 16.5. The molecule has 12 rings (SSSR count). The molecule has 12 aliphatic heterocycles. The van der Waals surface area contributed by atoms with Gasteiger partial charge in [0.05, 0.1) is 117 Å². The average molecular weight is 1540 g/mol. The van der Waals surface area contributed by atoms with Crippen molar-refractivity contribution >= 4 is 17.9 Å². The lowest BCUT2D eigenvalue weighted by Crippen LogP contribution is -2.37. The molecule has 21 nitrogen and oxygen atoms in total. The molecule has 111 heavy (non-hydrogen) atoms. The van der Waals surface area contributed by atoms with Crippen molar-refractivity contribution in [1.82, 2.24) is 0 Å². The van der Waals surface area contributed by atoms with Crippen molar-refractivity contribution < 1.29 is 102 Å². The van der Waals surface area contributed by atoms with Crippen LogP contribution in [0.2, 0.25) is 0 Å². The van der Waals surface area contributed by atoms with Crippen LogP contribution in [0.3, 0.4) is 0 Å². The average Bonchev–Trinajstić information content (AvgIpc) is 1.67. The normalized spacial score (nSPS) is 40.6. The second kappa shape index (κ2) is 43.6. The number of epoxide rings is 2. The van der Waals surface area contributed by atoms with Gasteiger partial charge >= 0.3 is 17.9 Å². The summed E-state index contributed by atoms with van der Waals surface area (Å²) >= 11 is 0. The van der Waals surface area contributed by atoms with Crippen LogP contribution in [0.15, 0.2) is 181 Å². The van der Waals surface area contributed by atoms with Crippen molar-refractivity contribution in [3.8, 4) is 0 Å². The second-order valence-corrected chi connectivity index (χ2v) is 33.1. The monoisotopic (exact) mass is 1540 g/mol. The molecule has 0 saturated carbocycles. The third-order valence-electron chi connectivity index (χ3n) is 22.4. The molecule has 1 unspecified atom stereocenters. The molecule has 8 bridgehead atoms. The standard InChI is InChI=1S/3C30H42O7/c1-19-12-13-34-23(15-19)10-11-27-25(31)18-28-30(37-28)26(32)17-21(3)14-20(2)16-24-8-4-6-22(35-24)7-5-9-29(33)36-27;1-19-12-13-34-23(15-19)10-11-26-27-18-28(36-26)30(33)25(31)17-21(3)14-20(2)16-24-8-4-6-22(35-24)7-5-9-29(32)37-27;1-19-12-13-34-23(15-19)10-11-25(31)27-18-28-30(37-28)26(32)17-21(3)14-20(2)16-24-8-4-6-22(35-24)7-5-9-29(33)36-27/h4-6,9-12,20,22-28,30-32H,3,7-8,13-18H2,1-2H3;4-6,9-12,20,22-28,30-31,33H,3,7-8,13-18H2,1-2H3;4-6,9-12,20,22-28,30-32H,3,7-8,13-18H2,1-2H3/b3*9-5-,11-10+/t20-,22-,23+,24-,25-,26-,27-,28-,30+;20?,22-,23+,24-,25-,26-,27-,28+,30-;20-,22-,23+,24-,25-,26-,27-,28-,30+/m000/s1. The van der Waals surface area contributed by atoms with Gasteiger partial charge in [-0.1, -0.05) is 177 Å². The summed E-state index contributed by atoms with van der Waals surface area (Å²) in [5.41, 5.74) is 6.61. The third kappa shape index (κ3) is 29.6. The summed E-state index contributed by atoms with van der Waals surface area (Å²) in [5.74, 6) is -0.419. The largest absolute Gasteiger partial charge is 0.456 e. The number of hydrogen-bond acceptors (Lipinski definition) is 21. The number of cyclic esters (lactones) is 2. The summed E-state index contributed by atoms with van der Waals surface area (Å²) in [5, 5.41) is 65.1. The molecule has 0 amide bonds. The number of esters is 3. The van der Waals surface area contributed by atoms with Crippen molar-refractivity contribution in [2.45, 2.75) is 323 Å². The van der Waals surface area contributed by atoms with Gasteiger partial charge in [0.15, 0.2) is 0 Å². The summed E-state index contributed by atoms with van der Waals surface area (Å²) in [4.78, 5) is 38.0. The molecule has 3 fully saturated rings. The highest BCUT2D eigenvalue weighted by Crippen LogP contribution is 2.39. The first-order valence-corrected chi connectivity index (χ1v) is 40.8. The summed E-state index contributed by atoms with van der Waals surface area (Å²) in [7, 11) is 0. The highest BCUT2D eigenvalue weighted by atomic mass is 16.6. The van der Waals surface area contributed by atoms with Gasteiger partial charge in [0.2, 0.25) is 0 Å². The first-order valence-electron chi connectivity index (χ1n) is 40.8. The molecule has 6 N–H and O–H groups in total. The highest BCUT2D eigenvalue weighted by Gasteiger charge is 2.49. The maximum Gasteiger partial charge on any atom is 0.331 e. The zero-order valence-corrected chi connectivity index (χ0v) is 66.1. The van der Waals surface area contributed by atoms with Gasteiger partial charge in [0, 0.05) is 37.5 Å². The molecule has 612 valence electrons. The number of carbonyl (C=O) groups excluding carboxylic acids is 3. The number of aliphatic hydroxyl groups is 6. The predicted octanol–water partition coefficient (Wildman–Crippen LogP) is 12.3. The maximum atomic E-state index is 12.7. The molecule has 0 radical (unpaired) electrons. The van der Waals surface area contributed by atoms with Gasteiger partial charge in [-0.2, -0.15) is 0 Å². The Kier molecular flexibility index (Phi) is 34.3. The van der Waals surface area contributed by atoms with Gasteiger partial charge < -0.3 is 87.5 Å². The molecule has 21 heteroatoms. The lowest BCUT2D eigenvalue weighted by molar-refractivity contribution is -0.148. The zero-order valence-electron chi connectivity index (χ0n) is 66.1. The first-order chi connectivity index (χ1) is 53.3. The smallest absolute Gasteiger partial charge is 0.331 e. The van der Waals surface area contributed by atoms with Crippen molar-refractivity contribution in [1.29, 1.82) is 0 Å². The van der Waals surface area contributed by atoms with Gasteiger partial charge in [-0.25, -0.2) is 14.4 Å². The fraction of sp³-hybridized carbons (Fsp3) is 0.633. The van der Waals surface area contributed by atoms with Gasteiger partial charge in [0.1, 0.15) is 48.8 Å². The van der Waals surface area contributed by atoms with Crippen LogP contribution in [0.4, 0.5) is 0 Å². The van der Waals surface area contributed by atoms with E-state index in [0.29, 0.717) is 69.7 Å². The Labute approximate surface area is 657 Å². The van der Waals surface area contributed by atoms with Gasteiger partial charge in [-0.15, -0.1) is 0 Å². The van der Waals surface area contributed by atoms with Gasteiger partial charge in [-0.05, 0) is 160 Å². The van der Waals surface area contributed by atoms with Crippen LogP contribution < -0.4 is 0 Å². The van der Waals surface area contributed by atoms with E-state index in [-0.39, 0.29) is 105 Å². The minimum absolute atomic E-state index is 0.0723. The predicted molar refractivity (Wildman–Crippen MR) is 422 cm³/mol. The van der Waals surface area contributed by atoms with Crippen LogP contribution in [-0.2, 0) is 71.2 Å². The Balaban J connectivity index is 0.000000177. The Bertz CT molecular complexity index is 3460. The number of carbonyl (C=O) groups is 3. The van der Waals surface area contributed by atoms with Crippen LogP contribution in [0, 0.1) is 17.8 Å².